The lowest BCUT2D eigenvalue weighted by Crippen LogP contribution is -2.45. The van der Waals surface area contributed by atoms with Crippen LogP contribution in [0, 0.1) is 0 Å². The number of rotatable bonds is 13. The van der Waals surface area contributed by atoms with E-state index in [1.165, 1.54) is 30.3 Å². The van der Waals surface area contributed by atoms with Gasteiger partial charge in [0.25, 0.3) is 0 Å². The first-order chi connectivity index (χ1) is 26.0. The van der Waals surface area contributed by atoms with Crippen molar-refractivity contribution in [2.45, 2.75) is 82.0 Å². The Hall–Kier alpha value is -5.31. The third kappa shape index (κ3) is 11.1. The lowest BCUT2D eigenvalue weighted by Gasteiger charge is -2.31. The van der Waals surface area contributed by atoms with Crippen molar-refractivity contribution in [1.82, 2.24) is 5.32 Å². The lowest BCUT2D eigenvalue weighted by atomic mass is 9.91. The number of alkyl halides is 3. The smallest absolute Gasteiger partial charge is 0.422 e. The van der Waals surface area contributed by atoms with E-state index in [0.29, 0.717) is 16.7 Å². The van der Waals surface area contributed by atoms with Gasteiger partial charge in [-0.05, 0) is 57.0 Å². The van der Waals surface area contributed by atoms with Crippen LogP contribution in [-0.2, 0) is 43.9 Å². The van der Waals surface area contributed by atoms with Gasteiger partial charge in [-0.2, -0.15) is 13.2 Å². The summed E-state index contributed by atoms with van der Waals surface area (Å²) in [5, 5.41) is 12.8. The molecule has 1 saturated heterocycles. The average Bonchev–Trinajstić information content (AvgIpc) is 3.56. The highest BCUT2D eigenvalue weighted by atomic mass is 19.4. The molecule has 11 nitrogen and oxygen atoms in total. The van der Waals surface area contributed by atoms with Crippen LogP contribution in [0.15, 0.2) is 103 Å². The molecule has 0 spiro atoms. The molecule has 1 aliphatic heterocycles. The number of carbonyl (C=O) groups is 4. The van der Waals surface area contributed by atoms with Crippen molar-refractivity contribution in [1.29, 1.82) is 0 Å². The average molecular weight is 766 g/mol. The van der Waals surface area contributed by atoms with Crippen LogP contribution in [0.3, 0.4) is 0 Å². The number of ether oxygens (including phenoxy) is 5. The standard InChI is InChI=1S/C41H42F3NO10/c1-39(2,3)54-35(48)20-18-31(24-46)45-37(49)28-22-32(52-38(50)27-12-10-11-26(21-27)17-19-34(47)51-25-40(42,43)44)36-33(23-28)53-41(55-36,29-13-6-4-7-14-29)30-15-8-5-9-16-30/h4-17,19,21,23,31-33,36,46H,18,20,22,24-25H2,1-3H3,(H,45,49)/t31-,32+,33+,36-/m0/s1. The maximum Gasteiger partial charge on any atom is 0.422 e. The Balaban J connectivity index is 1.40. The Labute approximate surface area is 316 Å². The molecule has 1 fully saturated rings. The number of halogens is 3. The first-order valence-corrected chi connectivity index (χ1v) is 17.6. The van der Waals surface area contributed by atoms with E-state index in [2.05, 4.69) is 10.1 Å². The van der Waals surface area contributed by atoms with Crippen LogP contribution >= 0.6 is 0 Å². The molecule has 2 aliphatic rings. The van der Waals surface area contributed by atoms with Crippen molar-refractivity contribution in [3.05, 3.63) is 125 Å². The second kappa shape index (κ2) is 17.4. The summed E-state index contributed by atoms with van der Waals surface area (Å²) in [4.78, 5) is 51.6. The maximum absolute atomic E-state index is 13.8. The van der Waals surface area contributed by atoms with Crippen LogP contribution in [0.4, 0.5) is 13.2 Å². The minimum absolute atomic E-state index is 0.0432. The molecule has 1 amide bonds. The quantitative estimate of drug-likeness (QED) is 0.122. The van der Waals surface area contributed by atoms with E-state index < -0.39 is 78.9 Å². The summed E-state index contributed by atoms with van der Waals surface area (Å²) in [6.45, 7) is 3.01. The van der Waals surface area contributed by atoms with Gasteiger partial charge in [0.05, 0.1) is 18.2 Å². The molecule has 1 heterocycles. The third-order valence-electron chi connectivity index (χ3n) is 8.52. The van der Waals surface area contributed by atoms with Gasteiger partial charge in [0.2, 0.25) is 11.7 Å². The van der Waals surface area contributed by atoms with E-state index in [-0.39, 0.29) is 30.4 Å². The van der Waals surface area contributed by atoms with Crippen molar-refractivity contribution in [2.75, 3.05) is 13.2 Å². The first kappa shape index (κ1) is 40.9. The van der Waals surface area contributed by atoms with Gasteiger partial charge in [-0.25, -0.2) is 9.59 Å². The van der Waals surface area contributed by atoms with Crippen LogP contribution in [0.25, 0.3) is 6.08 Å². The number of aliphatic hydroxyl groups is 1. The summed E-state index contributed by atoms with van der Waals surface area (Å²) in [7, 11) is 0. The number of aliphatic hydroxyl groups excluding tert-OH is 1. The third-order valence-corrected chi connectivity index (χ3v) is 8.52. The molecule has 0 unspecified atom stereocenters. The van der Waals surface area contributed by atoms with Crippen molar-refractivity contribution >= 4 is 29.9 Å². The summed E-state index contributed by atoms with van der Waals surface area (Å²) in [5.41, 5.74) is 1.13. The number of nitrogens with one attached hydrogen (secondary N) is 1. The van der Waals surface area contributed by atoms with E-state index in [1.807, 2.05) is 60.7 Å². The molecule has 0 bridgehead atoms. The van der Waals surface area contributed by atoms with E-state index in [4.69, 9.17) is 18.9 Å². The van der Waals surface area contributed by atoms with Crippen molar-refractivity contribution in [3.63, 3.8) is 0 Å². The molecule has 292 valence electrons. The highest BCUT2D eigenvalue weighted by Gasteiger charge is 2.55. The number of hydrogen-bond donors (Lipinski definition) is 2. The molecule has 3 aromatic carbocycles. The summed E-state index contributed by atoms with van der Waals surface area (Å²) in [6.07, 6.45) is -4.04. The van der Waals surface area contributed by atoms with E-state index in [9.17, 15) is 37.5 Å². The van der Waals surface area contributed by atoms with Gasteiger partial charge >= 0.3 is 24.1 Å². The van der Waals surface area contributed by atoms with Gasteiger partial charge in [0.15, 0.2) is 6.61 Å². The molecule has 4 atom stereocenters. The van der Waals surface area contributed by atoms with Gasteiger partial charge < -0.3 is 34.1 Å². The molecule has 3 aromatic rings. The maximum atomic E-state index is 13.8. The molecular formula is C41H42F3NO10. The summed E-state index contributed by atoms with van der Waals surface area (Å²) < 4.78 is 66.3. The van der Waals surface area contributed by atoms with Crippen LogP contribution in [0.1, 0.15) is 67.1 Å². The highest BCUT2D eigenvalue weighted by Crippen LogP contribution is 2.47. The van der Waals surface area contributed by atoms with Gasteiger partial charge in [-0.3, -0.25) is 9.59 Å². The topological polar surface area (TPSA) is 147 Å². The number of benzene rings is 3. The Bertz CT molecular complexity index is 1850. The van der Waals surface area contributed by atoms with Crippen LogP contribution in [-0.4, -0.2) is 78.3 Å². The molecule has 55 heavy (non-hydrogen) atoms. The minimum Gasteiger partial charge on any atom is -0.460 e. The van der Waals surface area contributed by atoms with Crippen molar-refractivity contribution < 1.29 is 61.1 Å². The number of carbonyl (C=O) groups excluding carboxylic acids is 4. The van der Waals surface area contributed by atoms with E-state index in [1.54, 1.807) is 26.8 Å². The number of esters is 3. The fourth-order valence-corrected chi connectivity index (χ4v) is 6.10. The fraction of sp³-hybridized carbons (Fsp3) is 0.366. The Morgan fingerprint density at radius 2 is 1.60 bits per heavy atom. The Morgan fingerprint density at radius 3 is 2.20 bits per heavy atom. The zero-order chi connectivity index (χ0) is 39.8. The monoisotopic (exact) mass is 765 g/mol. The first-order valence-electron chi connectivity index (χ1n) is 17.6. The molecule has 0 aromatic heterocycles. The molecular weight excluding hydrogens is 723 g/mol. The second-order valence-electron chi connectivity index (χ2n) is 14.0. The predicted molar refractivity (Wildman–Crippen MR) is 192 cm³/mol. The van der Waals surface area contributed by atoms with Crippen molar-refractivity contribution in [2.24, 2.45) is 0 Å². The zero-order valence-electron chi connectivity index (χ0n) is 30.4. The van der Waals surface area contributed by atoms with E-state index in [0.717, 1.165) is 6.08 Å². The largest absolute Gasteiger partial charge is 0.460 e. The van der Waals surface area contributed by atoms with Crippen LogP contribution < -0.4 is 5.32 Å². The van der Waals surface area contributed by atoms with Crippen molar-refractivity contribution in [3.8, 4) is 0 Å². The predicted octanol–water partition coefficient (Wildman–Crippen LogP) is 5.95. The molecule has 1 aliphatic carbocycles. The second-order valence-corrected chi connectivity index (χ2v) is 14.0. The van der Waals surface area contributed by atoms with Gasteiger partial charge in [-0.1, -0.05) is 72.8 Å². The zero-order valence-corrected chi connectivity index (χ0v) is 30.4. The number of hydrogen-bond acceptors (Lipinski definition) is 10. The van der Waals surface area contributed by atoms with Gasteiger partial charge in [0.1, 0.15) is 23.9 Å². The van der Waals surface area contributed by atoms with Crippen LogP contribution in [0.2, 0.25) is 0 Å². The minimum atomic E-state index is -4.68. The normalized spacial score (nSPS) is 19.8. The molecule has 2 N–H and O–H groups in total. The number of amides is 1. The molecule has 5 rings (SSSR count). The Kier molecular flexibility index (Phi) is 13.0. The summed E-state index contributed by atoms with van der Waals surface area (Å²) >= 11 is 0. The summed E-state index contributed by atoms with van der Waals surface area (Å²) in [5.74, 6) is -4.55. The van der Waals surface area contributed by atoms with E-state index >= 15 is 0 Å². The summed E-state index contributed by atoms with van der Waals surface area (Å²) in [6, 6.07) is 23.3. The Morgan fingerprint density at radius 1 is 0.945 bits per heavy atom. The number of fused-ring (bicyclic) bond motifs is 1. The SMILES string of the molecule is CC(C)(C)OC(=O)CC[C@@H](CO)NC(=O)C1=C[C@H]2OC(c3ccccc3)(c3ccccc3)O[C@H]2[C@H](OC(=O)c2cccc(C=CC(=O)OCC(F)(F)F)c2)C1. The lowest BCUT2D eigenvalue weighted by molar-refractivity contribution is -0.182. The molecule has 14 heteroatoms. The fourth-order valence-electron chi connectivity index (χ4n) is 6.10. The highest BCUT2D eigenvalue weighted by molar-refractivity contribution is 5.95. The molecule has 0 saturated carbocycles. The van der Waals surface area contributed by atoms with Crippen LogP contribution in [0.5, 0.6) is 0 Å². The van der Waals surface area contributed by atoms with Gasteiger partial charge in [-0.15, -0.1) is 0 Å². The molecule has 0 radical (unpaired) electrons. The van der Waals surface area contributed by atoms with Gasteiger partial charge in [0, 0.05) is 35.6 Å².